The smallest absolute Gasteiger partial charge is 0.144 e. The van der Waals surface area contributed by atoms with Crippen LogP contribution in [0.4, 0.5) is 0 Å². The summed E-state index contributed by atoms with van der Waals surface area (Å²) in [7, 11) is 0. The van der Waals surface area contributed by atoms with E-state index in [2.05, 4.69) is 65.6 Å². The predicted octanol–water partition coefficient (Wildman–Crippen LogP) is 9.78. The Labute approximate surface area is 336 Å². The number of pyridine rings is 1. The van der Waals surface area contributed by atoms with Crippen LogP contribution in [-0.4, -0.2) is 41.1 Å². The first-order valence-electron chi connectivity index (χ1n) is 20.1. The van der Waals surface area contributed by atoms with Crippen LogP contribution in [0.15, 0.2) is 164 Å². The highest BCUT2D eigenvalue weighted by molar-refractivity contribution is 5.40. The van der Waals surface area contributed by atoms with E-state index in [-0.39, 0.29) is 5.92 Å². The van der Waals surface area contributed by atoms with Crippen molar-refractivity contribution >= 4 is 0 Å². The van der Waals surface area contributed by atoms with Crippen LogP contribution in [0.3, 0.4) is 0 Å². The number of ether oxygens (including phenoxy) is 5. The average Bonchev–Trinajstić information content (AvgIpc) is 4.13. The zero-order valence-electron chi connectivity index (χ0n) is 32.2. The molecule has 292 valence electrons. The minimum atomic E-state index is -0.902. The molecule has 7 nitrogen and oxygen atoms in total. The quantitative estimate of drug-likeness (QED) is 0.0935. The Bertz CT molecular complexity index is 2080. The summed E-state index contributed by atoms with van der Waals surface area (Å²) in [5.41, 5.74) is 7.04. The van der Waals surface area contributed by atoms with Gasteiger partial charge in [0, 0.05) is 17.7 Å². The number of aliphatic hydroxyl groups excluding tert-OH is 1. The van der Waals surface area contributed by atoms with Crippen LogP contribution in [0.1, 0.15) is 70.2 Å². The van der Waals surface area contributed by atoms with Gasteiger partial charge in [-0.25, -0.2) is 0 Å². The van der Waals surface area contributed by atoms with E-state index in [0.717, 1.165) is 27.8 Å². The summed E-state index contributed by atoms with van der Waals surface area (Å²) in [6, 6.07) is 50.9. The van der Waals surface area contributed by atoms with E-state index < -0.39 is 30.5 Å². The molecule has 8 rings (SSSR count). The molecule has 2 aliphatic rings. The fourth-order valence-corrected chi connectivity index (χ4v) is 7.76. The molecule has 0 amide bonds. The standard InChI is InChI=1S/C50H51NO6/c52-47(42-25-23-41(24-26-42)40-21-22-40)44-27-28-51-30-46(44)57-45-29-43(35-53-31-36-13-5-1-6-14-36)48(54-32-37-15-7-2-8-16-37)50(56-34-39-19-11-4-12-20-39)49(45)55-33-38-17-9-3-10-18-38/h1-20,23-28,30,40,43,45,47-50,52H,21-22,29,31-35H2/t43-,45-,47?,48-,49+,50+/m1/s1. The van der Waals surface area contributed by atoms with Gasteiger partial charge in [0.15, 0.2) is 0 Å². The van der Waals surface area contributed by atoms with Crippen LogP contribution >= 0.6 is 0 Å². The normalized spacial score (nSPS) is 21.2. The van der Waals surface area contributed by atoms with Gasteiger partial charge in [-0.05, 0) is 64.6 Å². The summed E-state index contributed by atoms with van der Waals surface area (Å²) in [5.74, 6) is 1.01. The molecule has 1 aromatic heterocycles. The molecule has 2 saturated carbocycles. The van der Waals surface area contributed by atoms with Crippen LogP contribution in [0.2, 0.25) is 0 Å². The third-order valence-electron chi connectivity index (χ3n) is 11.0. The molecule has 2 fully saturated rings. The van der Waals surface area contributed by atoms with Gasteiger partial charge in [0.2, 0.25) is 0 Å². The topological polar surface area (TPSA) is 79.3 Å². The van der Waals surface area contributed by atoms with Gasteiger partial charge in [0.05, 0.1) is 45.3 Å². The number of benzene rings is 5. The second-order valence-electron chi connectivity index (χ2n) is 15.2. The van der Waals surface area contributed by atoms with E-state index in [4.69, 9.17) is 23.7 Å². The third-order valence-corrected chi connectivity index (χ3v) is 11.0. The molecule has 1 N–H and O–H groups in total. The van der Waals surface area contributed by atoms with Crippen molar-refractivity contribution in [3.63, 3.8) is 0 Å². The molecule has 7 heteroatoms. The van der Waals surface area contributed by atoms with Crippen LogP contribution in [-0.2, 0) is 45.4 Å². The first-order chi connectivity index (χ1) is 28.2. The van der Waals surface area contributed by atoms with Crippen molar-refractivity contribution in [1.29, 1.82) is 0 Å². The van der Waals surface area contributed by atoms with E-state index in [0.29, 0.717) is 56.7 Å². The number of aromatic nitrogens is 1. The highest BCUT2D eigenvalue weighted by Gasteiger charge is 2.49. The minimum absolute atomic E-state index is 0.125. The predicted molar refractivity (Wildman–Crippen MR) is 220 cm³/mol. The van der Waals surface area contributed by atoms with Gasteiger partial charge in [0.1, 0.15) is 30.2 Å². The van der Waals surface area contributed by atoms with Crippen molar-refractivity contribution in [3.8, 4) is 5.75 Å². The molecular weight excluding hydrogens is 711 g/mol. The third kappa shape index (κ3) is 10.4. The van der Waals surface area contributed by atoms with E-state index in [1.165, 1.54) is 18.4 Å². The second kappa shape index (κ2) is 19.3. The van der Waals surface area contributed by atoms with Crippen LogP contribution in [0.25, 0.3) is 0 Å². The molecule has 2 aliphatic carbocycles. The first-order valence-corrected chi connectivity index (χ1v) is 20.1. The summed E-state index contributed by atoms with van der Waals surface area (Å²) < 4.78 is 34.4. The number of nitrogens with zero attached hydrogens (tertiary/aromatic N) is 1. The Hall–Kier alpha value is -5.15. The zero-order valence-corrected chi connectivity index (χ0v) is 32.2. The molecule has 0 radical (unpaired) electrons. The maximum Gasteiger partial charge on any atom is 0.144 e. The Morgan fingerprint density at radius 1 is 0.561 bits per heavy atom. The molecule has 6 atom stereocenters. The van der Waals surface area contributed by atoms with Gasteiger partial charge >= 0.3 is 0 Å². The van der Waals surface area contributed by atoms with Gasteiger partial charge in [-0.1, -0.05) is 146 Å². The average molecular weight is 762 g/mol. The lowest BCUT2D eigenvalue weighted by atomic mass is 9.80. The van der Waals surface area contributed by atoms with Crippen LogP contribution in [0, 0.1) is 5.92 Å². The monoisotopic (exact) mass is 761 g/mol. The van der Waals surface area contributed by atoms with E-state index in [9.17, 15) is 5.11 Å². The van der Waals surface area contributed by atoms with Crippen molar-refractivity contribution in [2.75, 3.05) is 6.61 Å². The van der Waals surface area contributed by atoms with E-state index in [1.807, 2.05) is 91.0 Å². The van der Waals surface area contributed by atoms with Crippen molar-refractivity contribution in [1.82, 2.24) is 4.98 Å². The van der Waals surface area contributed by atoms with Crippen molar-refractivity contribution in [2.45, 2.75) is 82.1 Å². The summed E-state index contributed by atoms with van der Waals surface area (Å²) in [4.78, 5) is 4.47. The number of rotatable bonds is 18. The Morgan fingerprint density at radius 3 is 1.61 bits per heavy atom. The molecular formula is C50H51NO6. The lowest BCUT2D eigenvalue weighted by Crippen LogP contribution is -2.59. The molecule has 1 unspecified atom stereocenters. The first kappa shape index (κ1) is 38.7. The molecule has 5 aromatic carbocycles. The number of hydrogen-bond donors (Lipinski definition) is 1. The maximum absolute atomic E-state index is 11.8. The highest BCUT2D eigenvalue weighted by atomic mass is 16.6. The summed E-state index contributed by atoms with van der Waals surface area (Å²) in [6.45, 7) is 2.01. The van der Waals surface area contributed by atoms with Gasteiger partial charge < -0.3 is 28.8 Å². The molecule has 0 saturated heterocycles. The van der Waals surface area contributed by atoms with Crippen molar-refractivity contribution in [3.05, 3.63) is 203 Å². The highest BCUT2D eigenvalue weighted by Crippen LogP contribution is 2.41. The van der Waals surface area contributed by atoms with Gasteiger partial charge in [-0.2, -0.15) is 0 Å². The fourth-order valence-electron chi connectivity index (χ4n) is 7.76. The molecule has 0 aliphatic heterocycles. The van der Waals surface area contributed by atoms with Crippen LogP contribution in [0.5, 0.6) is 5.75 Å². The van der Waals surface area contributed by atoms with E-state index >= 15 is 0 Å². The summed E-state index contributed by atoms with van der Waals surface area (Å²) in [5, 5.41) is 11.8. The van der Waals surface area contributed by atoms with E-state index in [1.54, 1.807) is 12.4 Å². The number of hydrogen-bond acceptors (Lipinski definition) is 7. The van der Waals surface area contributed by atoms with Crippen molar-refractivity contribution in [2.24, 2.45) is 5.92 Å². The van der Waals surface area contributed by atoms with Gasteiger partial charge in [-0.15, -0.1) is 0 Å². The molecule has 6 aromatic rings. The second-order valence-corrected chi connectivity index (χ2v) is 15.2. The van der Waals surface area contributed by atoms with Crippen molar-refractivity contribution < 1.29 is 28.8 Å². The summed E-state index contributed by atoms with van der Waals surface area (Å²) >= 11 is 0. The lowest BCUT2D eigenvalue weighted by Gasteiger charge is -2.46. The van der Waals surface area contributed by atoms with Gasteiger partial charge in [0.25, 0.3) is 0 Å². The Balaban J connectivity index is 1.13. The van der Waals surface area contributed by atoms with Crippen LogP contribution < -0.4 is 4.74 Å². The molecule has 0 bridgehead atoms. The molecule has 57 heavy (non-hydrogen) atoms. The summed E-state index contributed by atoms with van der Waals surface area (Å²) in [6.07, 6.45) is 3.53. The fraction of sp³-hybridized carbons (Fsp3) is 0.300. The largest absolute Gasteiger partial charge is 0.486 e. The molecule has 1 heterocycles. The Kier molecular flexibility index (Phi) is 13.1. The minimum Gasteiger partial charge on any atom is -0.486 e. The molecule has 0 spiro atoms. The lowest BCUT2D eigenvalue weighted by molar-refractivity contribution is -0.220. The Morgan fingerprint density at radius 2 is 1.07 bits per heavy atom. The zero-order chi connectivity index (χ0) is 38.7. The number of aliphatic hydroxyl groups is 1. The SMILES string of the molecule is OC(c1ccc(C2CC2)cc1)c1ccncc1O[C@@H]1C[C@H](COCc2ccccc2)[C@@H](OCc2ccccc2)[C@H](OCc2ccccc2)[C@H]1OCc1ccccc1. The van der Waals surface area contributed by atoms with Gasteiger partial charge in [-0.3, -0.25) is 4.98 Å². The maximum atomic E-state index is 11.8.